The molecule has 1 aliphatic rings. The molecule has 118 valence electrons. The smallest absolute Gasteiger partial charge is 0.322 e. The van der Waals surface area contributed by atoms with E-state index in [-0.39, 0.29) is 10.5 Å². The number of rotatable bonds is 2. The zero-order valence-corrected chi connectivity index (χ0v) is 11.1. The molecule has 4 nitrogen and oxygen atoms in total. The second kappa shape index (κ2) is 5.10. The van der Waals surface area contributed by atoms with Crippen LogP contribution in [0.5, 0.6) is 0 Å². The van der Waals surface area contributed by atoms with Crippen LogP contribution in [-0.4, -0.2) is 29.6 Å². The van der Waals surface area contributed by atoms with Crippen LogP contribution in [0.3, 0.4) is 0 Å². The second-order valence-corrected chi connectivity index (χ2v) is 4.87. The topological polar surface area (TPSA) is 49.4 Å². The Morgan fingerprint density at radius 2 is 1.77 bits per heavy atom. The number of benzene rings is 1. The minimum atomic E-state index is -4.75. The molecule has 1 fully saturated rings. The average Bonchev–Trinajstić information content (AvgIpc) is 2.58. The molecule has 2 rings (SSSR count). The van der Waals surface area contributed by atoms with Gasteiger partial charge < -0.3 is 5.32 Å². The summed E-state index contributed by atoms with van der Waals surface area (Å²) < 4.78 is 64.1. The molecule has 1 aliphatic heterocycles. The quantitative estimate of drug-likeness (QED) is 0.672. The van der Waals surface area contributed by atoms with Crippen molar-refractivity contribution < 1.29 is 31.5 Å². The summed E-state index contributed by atoms with van der Waals surface area (Å²) in [4.78, 5) is 22.9. The van der Waals surface area contributed by atoms with Gasteiger partial charge in [0.1, 0.15) is 35.4 Å². The third kappa shape index (κ3) is 2.80. The number of nitrogens with zero attached hydrogens (tertiary/aromatic N) is 1. The van der Waals surface area contributed by atoms with E-state index >= 15 is 0 Å². The first kappa shape index (κ1) is 16.0. The molecular formula is C13H9F5N2O2. The van der Waals surface area contributed by atoms with E-state index in [1.54, 1.807) is 0 Å². The van der Waals surface area contributed by atoms with Crippen molar-refractivity contribution in [3.05, 3.63) is 41.1 Å². The highest BCUT2D eigenvalue weighted by Gasteiger charge is 2.50. The van der Waals surface area contributed by atoms with Gasteiger partial charge in [0.05, 0.1) is 0 Å². The van der Waals surface area contributed by atoms with Gasteiger partial charge in [0.2, 0.25) is 0 Å². The number of amides is 2. The molecule has 1 atom stereocenters. The van der Waals surface area contributed by atoms with E-state index in [9.17, 15) is 31.5 Å². The predicted octanol–water partition coefficient (Wildman–Crippen LogP) is 2.48. The first-order valence-electron chi connectivity index (χ1n) is 5.95. The fourth-order valence-electron chi connectivity index (χ4n) is 2.25. The van der Waals surface area contributed by atoms with E-state index in [0.717, 1.165) is 19.1 Å². The molecule has 2 amide bonds. The van der Waals surface area contributed by atoms with Crippen molar-refractivity contribution in [2.24, 2.45) is 0 Å². The third-order valence-electron chi connectivity index (χ3n) is 3.22. The predicted molar refractivity (Wildman–Crippen MR) is 64.2 cm³/mol. The van der Waals surface area contributed by atoms with E-state index in [4.69, 9.17) is 0 Å². The highest BCUT2D eigenvalue weighted by molar-refractivity contribution is 5.86. The Morgan fingerprint density at radius 3 is 2.23 bits per heavy atom. The normalized spacial score (nSPS) is 21.8. The zero-order valence-electron chi connectivity index (χ0n) is 11.1. The van der Waals surface area contributed by atoms with E-state index in [1.165, 1.54) is 5.94 Å². The molecule has 0 aromatic heterocycles. The second-order valence-electron chi connectivity index (χ2n) is 4.87. The monoisotopic (exact) mass is 320 g/mol. The molecule has 0 saturated carbocycles. The molecule has 0 aliphatic carbocycles. The Labute approximate surface area is 121 Å². The van der Waals surface area contributed by atoms with E-state index in [0.29, 0.717) is 6.07 Å². The Hall–Kier alpha value is -2.41. The largest absolute Gasteiger partial charge is 0.406 e. The number of carbonyl (C=O) groups is 1. The Bertz CT molecular complexity index is 661. The fraction of sp³-hybridized carbons (Fsp3) is 0.308. The van der Waals surface area contributed by atoms with Gasteiger partial charge in [0.25, 0.3) is 0 Å². The molecule has 1 saturated heterocycles. The van der Waals surface area contributed by atoms with Crippen LogP contribution in [-0.2, 0) is 10.3 Å². The molecule has 1 N–H and O–H groups in total. The van der Waals surface area contributed by atoms with Gasteiger partial charge in [-0.1, -0.05) is 0 Å². The molecule has 9 heteroatoms. The minimum absolute atomic E-state index is 0.149. The van der Waals surface area contributed by atoms with Crippen molar-refractivity contribution >= 4 is 12.0 Å². The lowest BCUT2D eigenvalue weighted by Gasteiger charge is -2.25. The lowest BCUT2D eigenvalue weighted by molar-refractivity contribution is -0.136. The lowest BCUT2D eigenvalue weighted by atomic mass is 9.89. The van der Waals surface area contributed by atoms with Gasteiger partial charge in [-0.05, 0) is 24.6 Å². The van der Waals surface area contributed by atoms with E-state index in [2.05, 4.69) is 5.32 Å². The molecule has 22 heavy (non-hydrogen) atoms. The SMILES string of the molecule is CC1(c2cc(F)cc(F)c2)NC(=O)N(CC(F)(F)F)C1=C=O. The molecule has 0 bridgehead atoms. The Morgan fingerprint density at radius 1 is 1.23 bits per heavy atom. The van der Waals surface area contributed by atoms with Crippen molar-refractivity contribution in [3.8, 4) is 0 Å². The molecule has 1 unspecified atom stereocenters. The maximum atomic E-state index is 13.3. The van der Waals surface area contributed by atoms with Crippen molar-refractivity contribution in [3.63, 3.8) is 0 Å². The Balaban J connectivity index is 2.51. The number of urea groups is 1. The van der Waals surface area contributed by atoms with Crippen LogP contribution in [0.1, 0.15) is 12.5 Å². The Kier molecular flexibility index (Phi) is 3.70. The summed E-state index contributed by atoms with van der Waals surface area (Å²) in [5.74, 6) is -0.731. The lowest BCUT2D eigenvalue weighted by Crippen LogP contribution is -2.37. The molecule has 0 radical (unpaired) electrons. The summed E-state index contributed by atoms with van der Waals surface area (Å²) in [5.41, 5.74) is -2.71. The van der Waals surface area contributed by atoms with Gasteiger partial charge in [-0.2, -0.15) is 13.2 Å². The van der Waals surface area contributed by atoms with Crippen molar-refractivity contribution in [2.45, 2.75) is 18.6 Å². The summed E-state index contributed by atoms with van der Waals surface area (Å²) in [7, 11) is 0. The minimum Gasteiger partial charge on any atom is -0.322 e. The van der Waals surface area contributed by atoms with Gasteiger partial charge in [-0.3, -0.25) is 4.90 Å². The van der Waals surface area contributed by atoms with Crippen LogP contribution in [0.4, 0.5) is 26.7 Å². The maximum absolute atomic E-state index is 13.3. The summed E-state index contributed by atoms with van der Waals surface area (Å²) in [6.07, 6.45) is -4.75. The fourth-order valence-corrected chi connectivity index (χ4v) is 2.25. The van der Waals surface area contributed by atoms with Gasteiger partial charge in [-0.25, -0.2) is 18.4 Å². The van der Waals surface area contributed by atoms with Crippen molar-refractivity contribution in [2.75, 3.05) is 6.54 Å². The molecule has 1 heterocycles. The summed E-state index contributed by atoms with van der Waals surface area (Å²) in [6, 6.07) is 0.986. The van der Waals surface area contributed by atoms with E-state index in [1.807, 2.05) is 0 Å². The van der Waals surface area contributed by atoms with E-state index < -0.39 is 41.6 Å². The van der Waals surface area contributed by atoms with Crippen LogP contribution >= 0.6 is 0 Å². The molecule has 1 aromatic rings. The van der Waals surface area contributed by atoms with Crippen LogP contribution < -0.4 is 5.32 Å². The number of halogens is 5. The first-order valence-corrected chi connectivity index (χ1v) is 5.95. The maximum Gasteiger partial charge on any atom is 0.406 e. The molecule has 1 aromatic carbocycles. The van der Waals surface area contributed by atoms with Crippen molar-refractivity contribution in [1.82, 2.24) is 10.2 Å². The van der Waals surface area contributed by atoms with Gasteiger partial charge in [0, 0.05) is 6.07 Å². The van der Waals surface area contributed by atoms with Crippen LogP contribution in [0.15, 0.2) is 23.9 Å². The summed E-state index contributed by atoms with van der Waals surface area (Å²) in [5, 5.41) is 2.13. The molecular weight excluding hydrogens is 311 g/mol. The number of hydrogen-bond acceptors (Lipinski definition) is 2. The van der Waals surface area contributed by atoms with Gasteiger partial charge in [0.15, 0.2) is 0 Å². The highest BCUT2D eigenvalue weighted by Crippen LogP contribution is 2.37. The van der Waals surface area contributed by atoms with Crippen LogP contribution in [0.25, 0.3) is 0 Å². The average molecular weight is 320 g/mol. The van der Waals surface area contributed by atoms with Crippen LogP contribution in [0, 0.1) is 11.6 Å². The number of hydrogen-bond donors (Lipinski definition) is 1. The standard InChI is InChI=1S/C13H9F5N2O2/c1-12(7-2-8(14)4-9(15)3-7)10(5-21)20(11(22)19-12)6-13(16,17)18/h2-4H,6H2,1H3,(H,19,22). The number of carbonyl (C=O) groups excluding carboxylic acids is 2. The first-order chi connectivity index (χ1) is 10.1. The van der Waals surface area contributed by atoms with Crippen LogP contribution in [0.2, 0.25) is 0 Å². The van der Waals surface area contributed by atoms with Crippen molar-refractivity contribution in [1.29, 1.82) is 0 Å². The number of nitrogens with one attached hydrogen (secondary N) is 1. The molecule has 0 spiro atoms. The summed E-state index contributed by atoms with van der Waals surface area (Å²) in [6.45, 7) is -0.549. The third-order valence-corrected chi connectivity index (χ3v) is 3.22. The number of alkyl halides is 3. The zero-order chi connectivity index (χ0) is 16.7. The summed E-state index contributed by atoms with van der Waals surface area (Å²) >= 11 is 0. The van der Waals surface area contributed by atoms with Gasteiger partial charge in [-0.15, -0.1) is 0 Å². The highest BCUT2D eigenvalue weighted by atomic mass is 19.4. The van der Waals surface area contributed by atoms with Gasteiger partial charge >= 0.3 is 12.2 Å².